The zero-order valence-electron chi connectivity index (χ0n) is 11.0. The van der Waals surface area contributed by atoms with Gasteiger partial charge in [0.15, 0.2) is 0 Å². The molecule has 0 bridgehead atoms. The summed E-state index contributed by atoms with van der Waals surface area (Å²) in [5, 5.41) is 12.0. The number of carbonyl (C=O) groups is 2. The van der Waals surface area contributed by atoms with Crippen molar-refractivity contribution in [2.45, 2.75) is 38.3 Å². The lowest BCUT2D eigenvalue weighted by Gasteiger charge is -2.32. The van der Waals surface area contributed by atoms with Gasteiger partial charge in [-0.3, -0.25) is 0 Å². The van der Waals surface area contributed by atoms with Gasteiger partial charge in [0.2, 0.25) is 0 Å². The van der Waals surface area contributed by atoms with Gasteiger partial charge in [-0.15, -0.1) is 0 Å². The molecule has 2 N–H and O–H groups in total. The summed E-state index contributed by atoms with van der Waals surface area (Å²) in [6.07, 6.45) is 2.71. The van der Waals surface area contributed by atoms with Crippen molar-refractivity contribution in [3.05, 3.63) is 24.2 Å². The molecule has 2 heterocycles. The Labute approximate surface area is 111 Å². The summed E-state index contributed by atoms with van der Waals surface area (Å²) < 4.78 is 5.21. The fourth-order valence-electron chi connectivity index (χ4n) is 2.38. The molecule has 0 saturated carbocycles. The third kappa shape index (κ3) is 2.43. The topological polar surface area (TPSA) is 82.8 Å². The highest BCUT2D eigenvalue weighted by Gasteiger charge is 2.46. The normalized spacial score (nSPS) is 24.2. The zero-order valence-corrected chi connectivity index (χ0v) is 11.0. The summed E-state index contributed by atoms with van der Waals surface area (Å²) in [5.41, 5.74) is -1.12. The van der Waals surface area contributed by atoms with Crippen molar-refractivity contribution in [3.8, 4) is 0 Å². The van der Waals surface area contributed by atoms with Crippen molar-refractivity contribution in [1.82, 2.24) is 10.2 Å². The van der Waals surface area contributed by atoms with Gasteiger partial charge in [0.25, 0.3) is 0 Å². The molecule has 1 aromatic heterocycles. The Morgan fingerprint density at radius 3 is 2.89 bits per heavy atom. The summed E-state index contributed by atoms with van der Waals surface area (Å²) in [6.45, 7) is 3.84. The fourth-order valence-corrected chi connectivity index (χ4v) is 2.38. The summed E-state index contributed by atoms with van der Waals surface area (Å²) in [7, 11) is 0. The van der Waals surface area contributed by atoms with Crippen molar-refractivity contribution in [2.75, 3.05) is 6.54 Å². The van der Waals surface area contributed by atoms with Crippen LogP contribution in [0, 0.1) is 0 Å². The number of carboxylic acid groups (broad SMARTS) is 1. The minimum absolute atomic E-state index is 0.291. The SMILES string of the molecule is CC(NC(=O)N1CCCC1(C)C(=O)O)c1ccco1. The van der Waals surface area contributed by atoms with Crippen molar-refractivity contribution < 1.29 is 19.1 Å². The predicted molar refractivity (Wildman–Crippen MR) is 67.6 cm³/mol. The third-order valence-electron chi connectivity index (χ3n) is 3.66. The standard InChI is InChI=1S/C13H18N2O4/c1-9(10-5-3-8-19-10)14-12(18)15-7-4-6-13(15,2)11(16)17/h3,5,8-9H,4,6-7H2,1-2H3,(H,14,18)(H,16,17). The number of amides is 2. The number of nitrogens with zero attached hydrogens (tertiary/aromatic N) is 1. The van der Waals surface area contributed by atoms with Crippen molar-refractivity contribution >= 4 is 12.0 Å². The Morgan fingerprint density at radius 1 is 1.58 bits per heavy atom. The molecule has 1 saturated heterocycles. The molecule has 1 fully saturated rings. The van der Waals surface area contributed by atoms with E-state index in [-0.39, 0.29) is 12.1 Å². The smallest absolute Gasteiger partial charge is 0.329 e. The lowest BCUT2D eigenvalue weighted by Crippen LogP contribution is -2.54. The van der Waals surface area contributed by atoms with E-state index in [0.29, 0.717) is 25.1 Å². The number of nitrogens with one attached hydrogen (secondary N) is 1. The van der Waals surface area contributed by atoms with Crippen LogP contribution in [0.1, 0.15) is 38.5 Å². The Hall–Kier alpha value is -1.98. The molecule has 0 radical (unpaired) electrons. The molecular formula is C13H18N2O4. The number of carbonyl (C=O) groups excluding carboxylic acids is 1. The first-order chi connectivity index (χ1) is 8.95. The molecule has 2 unspecified atom stereocenters. The van der Waals surface area contributed by atoms with E-state index < -0.39 is 11.5 Å². The van der Waals surface area contributed by atoms with Gasteiger partial charge in [-0.05, 0) is 38.8 Å². The van der Waals surface area contributed by atoms with Crippen LogP contribution in [0.15, 0.2) is 22.8 Å². The number of urea groups is 1. The van der Waals surface area contributed by atoms with Crippen molar-refractivity contribution in [3.63, 3.8) is 0 Å². The maximum absolute atomic E-state index is 12.2. The number of hydrogen-bond donors (Lipinski definition) is 2. The molecule has 2 rings (SSSR count). The number of carboxylic acids is 1. The van der Waals surface area contributed by atoms with E-state index in [1.807, 2.05) is 0 Å². The predicted octanol–water partition coefficient (Wildman–Crippen LogP) is 1.99. The van der Waals surface area contributed by atoms with E-state index in [4.69, 9.17) is 4.42 Å². The van der Waals surface area contributed by atoms with Crippen LogP contribution in [0.4, 0.5) is 4.79 Å². The minimum Gasteiger partial charge on any atom is -0.480 e. The number of rotatable bonds is 3. The number of hydrogen-bond acceptors (Lipinski definition) is 3. The Kier molecular flexibility index (Phi) is 3.50. The Balaban J connectivity index is 2.06. The second-order valence-electron chi connectivity index (χ2n) is 5.02. The third-order valence-corrected chi connectivity index (χ3v) is 3.66. The summed E-state index contributed by atoms with van der Waals surface area (Å²) in [5.74, 6) is -0.324. The average molecular weight is 266 g/mol. The van der Waals surface area contributed by atoms with Gasteiger partial charge < -0.3 is 19.7 Å². The Morgan fingerprint density at radius 2 is 2.32 bits per heavy atom. The Bertz CT molecular complexity index is 471. The average Bonchev–Trinajstić information content (AvgIpc) is 2.97. The van der Waals surface area contributed by atoms with Gasteiger partial charge in [-0.25, -0.2) is 9.59 Å². The molecule has 1 aromatic rings. The van der Waals surface area contributed by atoms with Crippen LogP contribution in [-0.2, 0) is 4.79 Å². The second-order valence-corrected chi connectivity index (χ2v) is 5.02. The van der Waals surface area contributed by atoms with E-state index >= 15 is 0 Å². The summed E-state index contributed by atoms with van der Waals surface area (Å²) >= 11 is 0. The van der Waals surface area contributed by atoms with E-state index in [0.717, 1.165) is 0 Å². The van der Waals surface area contributed by atoms with Gasteiger partial charge in [0.1, 0.15) is 11.3 Å². The molecule has 2 atom stereocenters. The molecule has 104 valence electrons. The molecule has 1 aliphatic rings. The minimum atomic E-state index is -1.12. The van der Waals surface area contributed by atoms with Gasteiger partial charge in [-0.2, -0.15) is 0 Å². The zero-order chi connectivity index (χ0) is 14.0. The lowest BCUT2D eigenvalue weighted by molar-refractivity contribution is -0.147. The molecule has 2 amide bonds. The van der Waals surface area contributed by atoms with E-state index in [2.05, 4.69) is 5.32 Å². The first kappa shape index (κ1) is 13.5. The van der Waals surface area contributed by atoms with Gasteiger partial charge in [0, 0.05) is 6.54 Å². The lowest BCUT2D eigenvalue weighted by atomic mass is 10.00. The monoisotopic (exact) mass is 266 g/mol. The second kappa shape index (κ2) is 4.95. The molecular weight excluding hydrogens is 248 g/mol. The molecule has 0 spiro atoms. The van der Waals surface area contributed by atoms with Gasteiger partial charge in [0.05, 0.1) is 12.3 Å². The van der Waals surface area contributed by atoms with Crippen LogP contribution in [-0.4, -0.2) is 34.1 Å². The van der Waals surface area contributed by atoms with E-state index in [1.165, 1.54) is 11.2 Å². The summed E-state index contributed by atoms with van der Waals surface area (Å²) in [4.78, 5) is 24.9. The maximum Gasteiger partial charge on any atom is 0.329 e. The van der Waals surface area contributed by atoms with Gasteiger partial charge in [-0.1, -0.05) is 0 Å². The number of furan rings is 1. The fraction of sp³-hybridized carbons (Fsp3) is 0.538. The summed E-state index contributed by atoms with van der Waals surface area (Å²) in [6, 6.07) is 2.85. The first-order valence-electron chi connectivity index (χ1n) is 6.30. The number of aliphatic carboxylic acids is 1. The van der Waals surface area contributed by atoms with Crippen LogP contribution < -0.4 is 5.32 Å². The van der Waals surface area contributed by atoms with Crippen molar-refractivity contribution in [2.24, 2.45) is 0 Å². The molecule has 1 aliphatic heterocycles. The van der Waals surface area contributed by atoms with Gasteiger partial charge >= 0.3 is 12.0 Å². The van der Waals surface area contributed by atoms with E-state index in [1.54, 1.807) is 26.0 Å². The molecule has 6 nitrogen and oxygen atoms in total. The van der Waals surface area contributed by atoms with Crippen LogP contribution in [0.2, 0.25) is 0 Å². The van der Waals surface area contributed by atoms with Crippen LogP contribution >= 0.6 is 0 Å². The molecule has 19 heavy (non-hydrogen) atoms. The number of likely N-dealkylation sites (tertiary alicyclic amines) is 1. The quantitative estimate of drug-likeness (QED) is 0.876. The maximum atomic E-state index is 12.2. The van der Waals surface area contributed by atoms with E-state index in [9.17, 15) is 14.7 Å². The highest BCUT2D eigenvalue weighted by molar-refractivity contribution is 5.86. The largest absolute Gasteiger partial charge is 0.480 e. The van der Waals surface area contributed by atoms with Crippen LogP contribution in [0.25, 0.3) is 0 Å². The highest BCUT2D eigenvalue weighted by atomic mass is 16.4. The molecule has 0 aliphatic carbocycles. The van der Waals surface area contributed by atoms with Crippen LogP contribution in [0.5, 0.6) is 0 Å². The van der Waals surface area contributed by atoms with Crippen LogP contribution in [0.3, 0.4) is 0 Å². The van der Waals surface area contributed by atoms with Crippen molar-refractivity contribution in [1.29, 1.82) is 0 Å². The molecule has 0 aromatic carbocycles. The molecule has 6 heteroatoms. The highest BCUT2D eigenvalue weighted by Crippen LogP contribution is 2.29. The first-order valence-corrected chi connectivity index (χ1v) is 6.30.